The van der Waals surface area contributed by atoms with Crippen molar-refractivity contribution < 1.29 is 25.2 Å². The SMILES string of the molecule is CCC(CO)(CO)NC(=O)c1cc(O)ccc1O. The number of phenolic OH excluding ortho intramolecular Hbond substituents is 2. The molecular weight excluding hydrogens is 238 g/mol. The summed E-state index contributed by atoms with van der Waals surface area (Å²) in [4.78, 5) is 11.9. The normalized spacial score (nSPS) is 11.3. The number of aliphatic hydroxyl groups is 2. The van der Waals surface area contributed by atoms with Crippen LogP contribution in [0.1, 0.15) is 23.7 Å². The minimum absolute atomic E-state index is 0.116. The maximum Gasteiger partial charge on any atom is 0.255 e. The van der Waals surface area contributed by atoms with E-state index in [1.165, 1.54) is 12.1 Å². The van der Waals surface area contributed by atoms with E-state index >= 15 is 0 Å². The number of benzene rings is 1. The molecule has 1 rings (SSSR count). The van der Waals surface area contributed by atoms with Gasteiger partial charge in [0.15, 0.2) is 0 Å². The quantitative estimate of drug-likeness (QED) is 0.474. The Kier molecular flexibility index (Phi) is 4.52. The van der Waals surface area contributed by atoms with Crippen LogP contribution in [0, 0.1) is 0 Å². The average Bonchev–Trinajstić information content (AvgIpc) is 2.38. The molecule has 5 N–H and O–H groups in total. The summed E-state index contributed by atoms with van der Waals surface area (Å²) in [7, 11) is 0. The van der Waals surface area contributed by atoms with Gasteiger partial charge in [-0.15, -0.1) is 0 Å². The van der Waals surface area contributed by atoms with Gasteiger partial charge in [-0.05, 0) is 24.6 Å². The minimum Gasteiger partial charge on any atom is -0.508 e. The number of rotatable bonds is 5. The van der Waals surface area contributed by atoms with Crippen molar-refractivity contribution in [3.05, 3.63) is 23.8 Å². The molecule has 0 unspecified atom stereocenters. The number of amides is 1. The van der Waals surface area contributed by atoms with Crippen LogP contribution in [-0.4, -0.2) is 45.1 Å². The molecule has 0 bridgehead atoms. The number of nitrogens with one attached hydrogen (secondary N) is 1. The lowest BCUT2D eigenvalue weighted by molar-refractivity contribution is 0.0650. The maximum absolute atomic E-state index is 11.9. The second-order valence-corrected chi connectivity index (χ2v) is 4.11. The van der Waals surface area contributed by atoms with Gasteiger partial charge >= 0.3 is 0 Å². The predicted molar refractivity (Wildman–Crippen MR) is 64.4 cm³/mol. The second kappa shape index (κ2) is 5.70. The zero-order valence-corrected chi connectivity index (χ0v) is 10.1. The Balaban J connectivity index is 2.97. The van der Waals surface area contributed by atoms with Gasteiger partial charge in [0, 0.05) is 0 Å². The number of aliphatic hydroxyl groups excluding tert-OH is 2. The molecule has 1 aromatic rings. The number of phenols is 2. The molecule has 0 aliphatic rings. The Morgan fingerprint density at radius 2 is 1.89 bits per heavy atom. The molecule has 6 nitrogen and oxygen atoms in total. The van der Waals surface area contributed by atoms with E-state index in [4.69, 9.17) is 0 Å². The molecule has 0 spiro atoms. The average molecular weight is 255 g/mol. The molecule has 1 amide bonds. The van der Waals surface area contributed by atoms with E-state index in [0.29, 0.717) is 6.42 Å². The molecule has 0 atom stereocenters. The molecule has 1 aromatic carbocycles. The first-order chi connectivity index (χ1) is 8.48. The summed E-state index contributed by atoms with van der Waals surface area (Å²) in [5, 5.41) is 39.7. The zero-order valence-electron chi connectivity index (χ0n) is 10.1. The third-order valence-corrected chi connectivity index (χ3v) is 2.89. The highest BCUT2D eigenvalue weighted by molar-refractivity contribution is 5.97. The third kappa shape index (κ3) is 2.91. The van der Waals surface area contributed by atoms with Gasteiger partial charge in [0.2, 0.25) is 0 Å². The van der Waals surface area contributed by atoms with Crippen LogP contribution in [0.5, 0.6) is 11.5 Å². The first-order valence-electron chi connectivity index (χ1n) is 5.54. The van der Waals surface area contributed by atoms with Crippen LogP contribution in [0.25, 0.3) is 0 Å². The van der Waals surface area contributed by atoms with Crippen LogP contribution in [0.15, 0.2) is 18.2 Å². The van der Waals surface area contributed by atoms with E-state index < -0.39 is 24.7 Å². The van der Waals surface area contributed by atoms with Crippen LogP contribution in [0.4, 0.5) is 0 Å². The van der Waals surface area contributed by atoms with Crippen molar-refractivity contribution in [3.8, 4) is 11.5 Å². The van der Waals surface area contributed by atoms with Crippen LogP contribution in [-0.2, 0) is 0 Å². The summed E-state index contributed by atoms with van der Waals surface area (Å²) in [6.45, 7) is 0.853. The Morgan fingerprint density at radius 3 is 2.39 bits per heavy atom. The van der Waals surface area contributed by atoms with Gasteiger partial charge < -0.3 is 25.7 Å². The molecule has 0 aliphatic carbocycles. The molecule has 0 heterocycles. The van der Waals surface area contributed by atoms with Gasteiger partial charge in [0.25, 0.3) is 5.91 Å². The van der Waals surface area contributed by atoms with Crippen molar-refractivity contribution >= 4 is 5.91 Å². The lowest BCUT2D eigenvalue weighted by Gasteiger charge is -2.29. The van der Waals surface area contributed by atoms with Crippen molar-refractivity contribution in [2.24, 2.45) is 0 Å². The van der Waals surface area contributed by atoms with Gasteiger partial charge in [0.1, 0.15) is 11.5 Å². The van der Waals surface area contributed by atoms with Crippen LogP contribution < -0.4 is 5.32 Å². The molecule has 0 saturated carbocycles. The summed E-state index contributed by atoms with van der Waals surface area (Å²) in [6, 6.07) is 3.55. The molecular formula is C12H17NO5. The fourth-order valence-electron chi connectivity index (χ4n) is 1.46. The summed E-state index contributed by atoms with van der Waals surface area (Å²) >= 11 is 0. The highest BCUT2D eigenvalue weighted by Gasteiger charge is 2.29. The highest BCUT2D eigenvalue weighted by Crippen LogP contribution is 2.22. The van der Waals surface area contributed by atoms with Gasteiger partial charge in [-0.25, -0.2) is 0 Å². The van der Waals surface area contributed by atoms with Crippen molar-refractivity contribution in [1.82, 2.24) is 5.32 Å². The smallest absolute Gasteiger partial charge is 0.255 e. The standard InChI is InChI=1S/C12H17NO5/c1-2-12(6-14,7-15)13-11(18)9-5-8(16)3-4-10(9)17/h3-5,14-17H,2,6-7H2,1H3,(H,13,18). The molecule has 100 valence electrons. The molecule has 18 heavy (non-hydrogen) atoms. The van der Waals surface area contributed by atoms with Gasteiger partial charge in [0.05, 0.1) is 24.3 Å². The van der Waals surface area contributed by atoms with E-state index in [1.807, 2.05) is 0 Å². The summed E-state index contributed by atoms with van der Waals surface area (Å²) < 4.78 is 0. The highest BCUT2D eigenvalue weighted by atomic mass is 16.3. The first-order valence-corrected chi connectivity index (χ1v) is 5.54. The van der Waals surface area contributed by atoms with Crippen LogP contribution in [0.2, 0.25) is 0 Å². The van der Waals surface area contributed by atoms with Crippen molar-refractivity contribution in [3.63, 3.8) is 0 Å². The zero-order chi connectivity index (χ0) is 13.8. The topological polar surface area (TPSA) is 110 Å². The number of aromatic hydroxyl groups is 2. The molecule has 0 saturated heterocycles. The lowest BCUT2D eigenvalue weighted by atomic mass is 9.97. The summed E-state index contributed by atoms with van der Waals surface area (Å²) in [5.74, 6) is -1.12. The van der Waals surface area contributed by atoms with E-state index in [9.17, 15) is 25.2 Å². The number of carbonyl (C=O) groups excluding carboxylic acids is 1. The van der Waals surface area contributed by atoms with E-state index in [0.717, 1.165) is 6.07 Å². The Labute approximate surface area is 105 Å². The Morgan fingerprint density at radius 1 is 1.28 bits per heavy atom. The van der Waals surface area contributed by atoms with Gasteiger partial charge in [-0.2, -0.15) is 0 Å². The van der Waals surface area contributed by atoms with Crippen molar-refractivity contribution in [2.45, 2.75) is 18.9 Å². The molecule has 0 radical (unpaired) electrons. The molecule has 0 aliphatic heterocycles. The van der Waals surface area contributed by atoms with Gasteiger partial charge in [-0.3, -0.25) is 4.79 Å². The first kappa shape index (κ1) is 14.3. The number of carbonyl (C=O) groups is 1. The van der Waals surface area contributed by atoms with Crippen molar-refractivity contribution in [1.29, 1.82) is 0 Å². The lowest BCUT2D eigenvalue weighted by Crippen LogP contribution is -2.53. The molecule has 6 heteroatoms. The largest absolute Gasteiger partial charge is 0.508 e. The minimum atomic E-state index is -1.14. The molecule has 0 fully saturated rings. The fraction of sp³-hybridized carbons (Fsp3) is 0.417. The summed E-state index contributed by atoms with van der Waals surface area (Å²) in [5.41, 5.74) is -1.26. The van der Waals surface area contributed by atoms with Crippen LogP contribution >= 0.6 is 0 Å². The number of hydrogen-bond acceptors (Lipinski definition) is 5. The number of hydrogen-bond donors (Lipinski definition) is 5. The Hall–Kier alpha value is -1.79. The second-order valence-electron chi connectivity index (χ2n) is 4.11. The summed E-state index contributed by atoms with van der Waals surface area (Å²) in [6.07, 6.45) is 0.325. The van der Waals surface area contributed by atoms with Crippen molar-refractivity contribution in [2.75, 3.05) is 13.2 Å². The Bertz CT molecular complexity index is 420. The predicted octanol–water partition coefficient (Wildman–Crippen LogP) is -0.0390. The fourth-order valence-corrected chi connectivity index (χ4v) is 1.46. The van der Waals surface area contributed by atoms with Crippen LogP contribution in [0.3, 0.4) is 0 Å². The van der Waals surface area contributed by atoms with Gasteiger partial charge in [-0.1, -0.05) is 6.92 Å². The van der Waals surface area contributed by atoms with E-state index in [1.54, 1.807) is 6.92 Å². The third-order valence-electron chi connectivity index (χ3n) is 2.89. The van der Waals surface area contributed by atoms with E-state index in [-0.39, 0.29) is 17.1 Å². The maximum atomic E-state index is 11.9. The monoisotopic (exact) mass is 255 g/mol. The molecule has 0 aromatic heterocycles. The van der Waals surface area contributed by atoms with E-state index in [2.05, 4.69) is 5.32 Å².